The fourth-order valence-corrected chi connectivity index (χ4v) is 4.99. The summed E-state index contributed by atoms with van der Waals surface area (Å²) >= 11 is 5.32. The highest BCUT2D eigenvalue weighted by Gasteiger charge is 2.36. The van der Waals surface area contributed by atoms with Crippen LogP contribution in [0.4, 0.5) is 11.4 Å². The molecule has 2 heterocycles. The number of thiocarbonyl (C=S) groups is 1. The molecule has 6 heteroatoms. The van der Waals surface area contributed by atoms with Gasteiger partial charge in [0.2, 0.25) is 0 Å². The minimum absolute atomic E-state index is 0.0715. The van der Waals surface area contributed by atoms with E-state index in [0.29, 0.717) is 11.6 Å². The van der Waals surface area contributed by atoms with Crippen molar-refractivity contribution in [3.8, 4) is 0 Å². The van der Waals surface area contributed by atoms with Crippen LogP contribution in [-0.2, 0) is 9.59 Å². The van der Waals surface area contributed by atoms with Crippen LogP contribution >= 0.6 is 12.2 Å². The Labute approximate surface area is 195 Å². The normalized spacial score (nSPS) is 21.6. The van der Waals surface area contributed by atoms with Crippen LogP contribution in [0.15, 0.2) is 42.0 Å². The van der Waals surface area contributed by atoms with Crippen LogP contribution in [0.3, 0.4) is 0 Å². The molecular formula is C26H29N3O2S. The molecule has 2 aromatic carbocycles. The predicted molar refractivity (Wildman–Crippen MR) is 134 cm³/mol. The molecule has 2 aliphatic heterocycles. The van der Waals surface area contributed by atoms with E-state index in [2.05, 4.69) is 50.2 Å². The number of carbonyl (C=O) groups is 2. The second kappa shape index (κ2) is 7.85. The van der Waals surface area contributed by atoms with Gasteiger partial charge in [0.05, 0.1) is 5.69 Å². The first-order valence-electron chi connectivity index (χ1n) is 10.9. The minimum atomic E-state index is -0.465. The van der Waals surface area contributed by atoms with Crippen LogP contribution in [0.25, 0.3) is 6.08 Å². The molecule has 0 spiro atoms. The summed E-state index contributed by atoms with van der Waals surface area (Å²) in [5.74, 6) is -0.499. The fourth-order valence-electron chi connectivity index (χ4n) is 4.70. The van der Waals surface area contributed by atoms with Gasteiger partial charge >= 0.3 is 0 Å². The zero-order chi connectivity index (χ0) is 23.4. The summed E-state index contributed by atoms with van der Waals surface area (Å²) in [6, 6.07) is 11.8. The van der Waals surface area contributed by atoms with Gasteiger partial charge in [-0.05, 0) is 105 Å². The maximum Gasteiger partial charge on any atom is 0.270 e. The average Bonchev–Trinajstić information content (AvgIpc) is 2.69. The maximum absolute atomic E-state index is 13.4. The lowest BCUT2D eigenvalue weighted by molar-refractivity contribution is -0.122. The van der Waals surface area contributed by atoms with E-state index in [4.69, 9.17) is 12.2 Å². The Morgan fingerprint density at radius 2 is 1.88 bits per heavy atom. The highest BCUT2D eigenvalue weighted by molar-refractivity contribution is 7.80. The van der Waals surface area contributed by atoms with E-state index in [1.807, 2.05) is 38.1 Å². The number of fused-ring (bicyclic) bond motifs is 1. The smallest absolute Gasteiger partial charge is 0.270 e. The van der Waals surface area contributed by atoms with Crippen molar-refractivity contribution in [2.75, 3.05) is 16.8 Å². The lowest BCUT2D eigenvalue weighted by atomic mass is 9.79. The molecule has 1 N–H and O–H groups in total. The summed E-state index contributed by atoms with van der Waals surface area (Å²) in [7, 11) is 2.13. The van der Waals surface area contributed by atoms with Gasteiger partial charge in [-0.1, -0.05) is 19.1 Å². The molecule has 0 aliphatic carbocycles. The Hall–Kier alpha value is -2.99. The molecule has 2 aliphatic rings. The number of nitrogens with zero attached hydrogens (tertiary/aromatic N) is 2. The minimum Gasteiger partial charge on any atom is -0.369 e. The number of benzene rings is 2. The Bertz CT molecular complexity index is 1180. The quantitative estimate of drug-likeness (QED) is 0.406. The second-order valence-corrected chi connectivity index (χ2v) is 9.93. The van der Waals surface area contributed by atoms with Gasteiger partial charge in [-0.3, -0.25) is 19.8 Å². The molecule has 1 fully saturated rings. The van der Waals surface area contributed by atoms with Crippen LogP contribution in [-0.4, -0.2) is 29.5 Å². The molecule has 4 rings (SSSR count). The largest absolute Gasteiger partial charge is 0.369 e. The summed E-state index contributed by atoms with van der Waals surface area (Å²) in [5.41, 5.74) is 6.14. The van der Waals surface area contributed by atoms with Gasteiger partial charge in [0.15, 0.2) is 5.11 Å². The van der Waals surface area contributed by atoms with Crippen LogP contribution < -0.4 is 15.1 Å². The standard InChI is InChI=1S/C26H29N3O2S/c1-15-8-7-9-19(10-15)29-24(31)21(23(30)27-25(29)32)13-18-12-20-17(3)14-26(4,5)28(6)22(20)11-16(18)2/h7-13,17H,14H2,1-6H3,(H,27,30,32)/b21-13+/t17-/m1/s1. The molecule has 32 heavy (non-hydrogen) atoms. The molecule has 0 radical (unpaired) electrons. The van der Waals surface area contributed by atoms with Crippen LogP contribution in [0.2, 0.25) is 0 Å². The molecule has 5 nitrogen and oxygen atoms in total. The first kappa shape index (κ1) is 22.2. The lowest BCUT2D eigenvalue weighted by Gasteiger charge is -2.45. The number of hydrogen-bond acceptors (Lipinski definition) is 4. The molecule has 0 bridgehead atoms. The van der Waals surface area contributed by atoms with E-state index >= 15 is 0 Å². The number of carbonyl (C=O) groups excluding carboxylic acids is 2. The van der Waals surface area contributed by atoms with Gasteiger partial charge in [-0.25, -0.2) is 0 Å². The Morgan fingerprint density at radius 3 is 2.56 bits per heavy atom. The number of aryl methyl sites for hydroxylation is 2. The highest BCUT2D eigenvalue weighted by atomic mass is 32.1. The first-order valence-corrected chi connectivity index (χ1v) is 11.3. The van der Waals surface area contributed by atoms with Crippen molar-refractivity contribution in [3.05, 3.63) is 64.2 Å². The van der Waals surface area contributed by atoms with Gasteiger partial charge < -0.3 is 4.90 Å². The van der Waals surface area contributed by atoms with Gasteiger partial charge in [0, 0.05) is 18.3 Å². The number of amides is 2. The Balaban J connectivity index is 1.78. The van der Waals surface area contributed by atoms with Gasteiger partial charge in [-0.15, -0.1) is 0 Å². The topological polar surface area (TPSA) is 52.7 Å². The van der Waals surface area contributed by atoms with E-state index in [0.717, 1.165) is 23.1 Å². The van der Waals surface area contributed by atoms with Crippen molar-refractivity contribution in [1.29, 1.82) is 0 Å². The molecule has 166 valence electrons. The number of rotatable bonds is 2. The summed E-state index contributed by atoms with van der Waals surface area (Å²) in [6.07, 6.45) is 2.73. The first-order chi connectivity index (χ1) is 15.0. The van der Waals surface area contributed by atoms with Crippen molar-refractivity contribution in [2.45, 2.75) is 52.5 Å². The second-order valence-electron chi connectivity index (χ2n) is 9.54. The van der Waals surface area contributed by atoms with E-state index in [9.17, 15) is 9.59 Å². The SMILES string of the molecule is Cc1cccc(N2C(=O)/C(=C/c3cc4c(cc3C)N(C)C(C)(C)C[C@H]4C)C(=O)NC2=S)c1. The van der Waals surface area contributed by atoms with Crippen LogP contribution in [0, 0.1) is 13.8 Å². The highest BCUT2D eigenvalue weighted by Crippen LogP contribution is 2.43. The monoisotopic (exact) mass is 447 g/mol. The third-order valence-electron chi connectivity index (χ3n) is 6.68. The molecule has 2 amide bonds. The summed E-state index contributed by atoms with van der Waals surface area (Å²) in [6.45, 7) is 10.7. The van der Waals surface area contributed by atoms with Crippen molar-refractivity contribution >= 4 is 46.6 Å². The zero-order valence-electron chi connectivity index (χ0n) is 19.4. The van der Waals surface area contributed by atoms with Crippen LogP contribution in [0.1, 0.15) is 55.4 Å². The number of hydrogen-bond donors (Lipinski definition) is 1. The van der Waals surface area contributed by atoms with E-state index < -0.39 is 11.8 Å². The number of anilines is 2. The van der Waals surface area contributed by atoms with E-state index in [1.165, 1.54) is 16.2 Å². The summed E-state index contributed by atoms with van der Waals surface area (Å²) in [5, 5.41) is 2.78. The van der Waals surface area contributed by atoms with E-state index in [1.54, 1.807) is 6.08 Å². The van der Waals surface area contributed by atoms with Gasteiger partial charge in [0.1, 0.15) is 5.57 Å². The Kier molecular flexibility index (Phi) is 5.45. The van der Waals surface area contributed by atoms with Crippen molar-refractivity contribution in [2.24, 2.45) is 0 Å². The summed E-state index contributed by atoms with van der Waals surface area (Å²) in [4.78, 5) is 29.8. The summed E-state index contributed by atoms with van der Waals surface area (Å²) < 4.78 is 0. The predicted octanol–water partition coefficient (Wildman–Crippen LogP) is 4.86. The van der Waals surface area contributed by atoms with Crippen molar-refractivity contribution < 1.29 is 9.59 Å². The molecule has 0 aromatic heterocycles. The molecule has 0 saturated carbocycles. The third kappa shape index (κ3) is 3.73. The molecule has 2 aromatic rings. The zero-order valence-corrected chi connectivity index (χ0v) is 20.3. The average molecular weight is 448 g/mol. The molecule has 0 unspecified atom stereocenters. The van der Waals surface area contributed by atoms with Crippen LogP contribution in [0.5, 0.6) is 0 Å². The fraction of sp³-hybridized carbons (Fsp3) is 0.346. The van der Waals surface area contributed by atoms with Crippen molar-refractivity contribution in [3.63, 3.8) is 0 Å². The van der Waals surface area contributed by atoms with Gasteiger partial charge in [-0.2, -0.15) is 0 Å². The molecular weight excluding hydrogens is 418 g/mol. The van der Waals surface area contributed by atoms with Gasteiger partial charge in [0.25, 0.3) is 11.8 Å². The van der Waals surface area contributed by atoms with E-state index in [-0.39, 0.29) is 16.2 Å². The maximum atomic E-state index is 13.4. The number of nitrogens with one attached hydrogen (secondary N) is 1. The Morgan fingerprint density at radius 1 is 1.16 bits per heavy atom. The van der Waals surface area contributed by atoms with Crippen molar-refractivity contribution in [1.82, 2.24) is 5.32 Å². The molecule has 1 atom stereocenters. The third-order valence-corrected chi connectivity index (χ3v) is 6.97. The molecule has 1 saturated heterocycles. The lowest BCUT2D eigenvalue weighted by Crippen LogP contribution is -2.54.